The maximum absolute atomic E-state index is 5.80. The number of hydrogen-bond donors (Lipinski definition) is 0. The van der Waals surface area contributed by atoms with E-state index in [0.717, 1.165) is 25.6 Å². The third kappa shape index (κ3) is 2.81. The van der Waals surface area contributed by atoms with Gasteiger partial charge in [0.15, 0.2) is 0 Å². The zero-order valence-electron chi connectivity index (χ0n) is 11.4. The standard InChI is InChI=1S/C14H21N3O2/c1-18-13-4-7-15-14(16-13)17-8-5-11(6-9-17)12-3-2-10-19-12/h4,7,11-12H,2-3,5-6,8-10H2,1H3. The molecule has 0 amide bonds. The Labute approximate surface area is 113 Å². The van der Waals surface area contributed by atoms with E-state index in [1.54, 1.807) is 19.4 Å². The van der Waals surface area contributed by atoms with E-state index in [4.69, 9.17) is 9.47 Å². The predicted octanol–water partition coefficient (Wildman–Crippen LogP) is 1.88. The molecule has 5 heteroatoms. The Bertz CT molecular complexity index is 413. The topological polar surface area (TPSA) is 47.5 Å². The van der Waals surface area contributed by atoms with Gasteiger partial charge < -0.3 is 14.4 Å². The molecule has 2 aliphatic rings. The van der Waals surface area contributed by atoms with Crippen LogP contribution in [0.15, 0.2) is 12.3 Å². The summed E-state index contributed by atoms with van der Waals surface area (Å²) in [6.07, 6.45) is 7.06. The predicted molar refractivity (Wildman–Crippen MR) is 72.5 cm³/mol. The van der Waals surface area contributed by atoms with Crippen molar-refractivity contribution in [1.29, 1.82) is 0 Å². The van der Waals surface area contributed by atoms with Gasteiger partial charge in [-0.2, -0.15) is 4.98 Å². The first-order valence-electron chi connectivity index (χ1n) is 7.10. The van der Waals surface area contributed by atoms with Crippen LogP contribution in [0.5, 0.6) is 5.88 Å². The molecular weight excluding hydrogens is 242 g/mol. The number of hydrogen-bond acceptors (Lipinski definition) is 5. The van der Waals surface area contributed by atoms with Crippen LogP contribution in [0.25, 0.3) is 0 Å². The van der Waals surface area contributed by atoms with E-state index in [2.05, 4.69) is 14.9 Å². The molecule has 0 bridgehead atoms. The van der Waals surface area contributed by atoms with Crippen molar-refractivity contribution in [2.24, 2.45) is 5.92 Å². The molecule has 0 radical (unpaired) electrons. The van der Waals surface area contributed by atoms with Gasteiger partial charge in [-0.25, -0.2) is 4.98 Å². The Balaban J connectivity index is 1.59. The van der Waals surface area contributed by atoms with E-state index in [9.17, 15) is 0 Å². The molecule has 1 atom stereocenters. The quantitative estimate of drug-likeness (QED) is 0.833. The first-order valence-corrected chi connectivity index (χ1v) is 7.10. The van der Waals surface area contributed by atoms with Gasteiger partial charge in [-0.15, -0.1) is 0 Å². The fraction of sp³-hybridized carbons (Fsp3) is 0.714. The molecule has 1 aromatic heterocycles. The van der Waals surface area contributed by atoms with E-state index in [1.807, 2.05) is 0 Å². The van der Waals surface area contributed by atoms with Crippen molar-refractivity contribution in [3.05, 3.63) is 12.3 Å². The second-order valence-corrected chi connectivity index (χ2v) is 5.27. The summed E-state index contributed by atoms with van der Waals surface area (Å²) < 4.78 is 11.0. The van der Waals surface area contributed by atoms with Crippen LogP contribution in [0, 0.1) is 5.92 Å². The Morgan fingerprint density at radius 3 is 2.84 bits per heavy atom. The summed E-state index contributed by atoms with van der Waals surface area (Å²) in [4.78, 5) is 11.0. The molecule has 2 saturated heterocycles. The first kappa shape index (κ1) is 12.7. The summed E-state index contributed by atoms with van der Waals surface area (Å²) >= 11 is 0. The van der Waals surface area contributed by atoms with Crippen molar-refractivity contribution < 1.29 is 9.47 Å². The fourth-order valence-corrected chi connectivity index (χ4v) is 3.04. The molecule has 2 fully saturated rings. The highest BCUT2D eigenvalue weighted by Crippen LogP contribution is 2.30. The van der Waals surface area contributed by atoms with E-state index in [1.165, 1.54) is 25.7 Å². The summed E-state index contributed by atoms with van der Waals surface area (Å²) in [5.41, 5.74) is 0. The molecule has 0 saturated carbocycles. The first-order chi connectivity index (χ1) is 9.36. The lowest BCUT2D eigenvalue weighted by Gasteiger charge is -2.34. The Hall–Kier alpha value is -1.36. The monoisotopic (exact) mass is 263 g/mol. The highest BCUT2D eigenvalue weighted by atomic mass is 16.5. The van der Waals surface area contributed by atoms with Gasteiger partial charge in [0, 0.05) is 32.0 Å². The van der Waals surface area contributed by atoms with E-state index in [0.29, 0.717) is 17.9 Å². The van der Waals surface area contributed by atoms with Crippen LogP contribution in [0.3, 0.4) is 0 Å². The van der Waals surface area contributed by atoms with Crippen molar-refractivity contribution in [3.8, 4) is 5.88 Å². The highest BCUT2D eigenvalue weighted by molar-refractivity contribution is 5.32. The largest absolute Gasteiger partial charge is 0.481 e. The smallest absolute Gasteiger partial charge is 0.228 e. The van der Waals surface area contributed by atoms with E-state index in [-0.39, 0.29) is 0 Å². The maximum Gasteiger partial charge on any atom is 0.228 e. The number of piperidine rings is 1. The second-order valence-electron chi connectivity index (χ2n) is 5.27. The molecule has 3 rings (SSSR count). The summed E-state index contributed by atoms with van der Waals surface area (Å²) in [5, 5.41) is 0. The zero-order chi connectivity index (χ0) is 13.1. The SMILES string of the molecule is COc1ccnc(N2CCC(C3CCCO3)CC2)n1. The van der Waals surface area contributed by atoms with Crippen molar-refractivity contribution in [3.63, 3.8) is 0 Å². The van der Waals surface area contributed by atoms with Crippen molar-refractivity contribution >= 4 is 5.95 Å². The van der Waals surface area contributed by atoms with Crippen LogP contribution in [0.1, 0.15) is 25.7 Å². The van der Waals surface area contributed by atoms with E-state index >= 15 is 0 Å². The van der Waals surface area contributed by atoms with Crippen molar-refractivity contribution in [2.75, 3.05) is 31.7 Å². The molecule has 0 N–H and O–H groups in total. The van der Waals surface area contributed by atoms with Crippen molar-refractivity contribution in [2.45, 2.75) is 31.8 Å². The molecule has 3 heterocycles. The number of ether oxygens (including phenoxy) is 2. The van der Waals surface area contributed by atoms with Gasteiger partial charge >= 0.3 is 0 Å². The van der Waals surface area contributed by atoms with Crippen LogP contribution >= 0.6 is 0 Å². The molecule has 104 valence electrons. The number of anilines is 1. The number of rotatable bonds is 3. The summed E-state index contributed by atoms with van der Waals surface area (Å²) in [7, 11) is 1.63. The minimum absolute atomic E-state index is 0.494. The zero-order valence-corrected chi connectivity index (χ0v) is 11.4. The minimum atomic E-state index is 0.494. The summed E-state index contributed by atoms with van der Waals surface area (Å²) in [6, 6.07) is 1.78. The average Bonchev–Trinajstić information content (AvgIpc) is 3.02. The molecular formula is C14H21N3O2. The third-order valence-corrected chi connectivity index (χ3v) is 4.14. The lowest BCUT2D eigenvalue weighted by molar-refractivity contribution is 0.0530. The Morgan fingerprint density at radius 1 is 1.32 bits per heavy atom. The van der Waals surface area contributed by atoms with E-state index < -0.39 is 0 Å². The van der Waals surface area contributed by atoms with Crippen LogP contribution < -0.4 is 9.64 Å². The molecule has 5 nitrogen and oxygen atoms in total. The summed E-state index contributed by atoms with van der Waals surface area (Å²) in [5.74, 6) is 2.13. The van der Waals surface area contributed by atoms with Gasteiger partial charge in [0.25, 0.3) is 0 Å². The Kier molecular flexibility index (Phi) is 3.82. The number of aromatic nitrogens is 2. The van der Waals surface area contributed by atoms with Gasteiger partial charge in [-0.1, -0.05) is 0 Å². The number of nitrogens with zero attached hydrogens (tertiary/aromatic N) is 3. The van der Waals surface area contributed by atoms with Gasteiger partial charge in [-0.05, 0) is 31.6 Å². The lowest BCUT2D eigenvalue weighted by Crippen LogP contribution is -2.38. The van der Waals surface area contributed by atoms with Gasteiger partial charge in [0.2, 0.25) is 11.8 Å². The molecule has 0 aromatic carbocycles. The fourth-order valence-electron chi connectivity index (χ4n) is 3.04. The van der Waals surface area contributed by atoms with Gasteiger partial charge in [-0.3, -0.25) is 0 Å². The van der Waals surface area contributed by atoms with Crippen LogP contribution in [-0.4, -0.2) is 42.9 Å². The molecule has 2 aliphatic heterocycles. The average molecular weight is 263 g/mol. The normalized spacial score (nSPS) is 24.7. The third-order valence-electron chi connectivity index (χ3n) is 4.14. The van der Waals surface area contributed by atoms with Crippen LogP contribution in [-0.2, 0) is 4.74 Å². The second kappa shape index (κ2) is 5.74. The lowest BCUT2D eigenvalue weighted by atomic mass is 9.90. The molecule has 1 unspecified atom stereocenters. The highest BCUT2D eigenvalue weighted by Gasteiger charge is 2.30. The molecule has 0 spiro atoms. The van der Waals surface area contributed by atoms with Gasteiger partial charge in [0.1, 0.15) is 0 Å². The molecule has 0 aliphatic carbocycles. The van der Waals surface area contributed by atoms with Crippen LogP contribution in [0.2, 0.25) is 0 Å². The van der Waals surface area contributed by atoms with Crippen LogP contribution in [0.4, 0.5) is 5.95 Å². The van der Waals surface area contributed by atoms with Crippen molar-refractivity contribution in [1.82, 2.24) is 9.97 Å². The maximum atomic E-state index is 5.80. The summed E-state index contributed by atoms with van der Waals surface area (Å²) in [6.45, 7) is 2.97. The minimum Gasteiger partial charge on any atom is -0.481 e. The van der Waals surface area contributed by atoms with Gasteiger partial charge in [0.05, 0.1) is 13.2 Å². The number of methoxy groups -OCH3 is 1. The molecule has 1 aromatic rings. The molecule has 19 heavy (non-hydrogen) atoms. The Morgan fingerprint density at radius 2 is 2.16 bits per heavy atom.